The number of hydrogen-bond donors (Lipinski definition) is 2. The van der Waals surface area contributed by atoms with Gasteiger partial charge in [0, 0.05) is 12.5 Å². The van der Waals surface area contributed by atoms with Crippen LogP contribution in [0.3, 0.4) is 0 Å². The first kappa shape index (κ1) is 21.4. The van der Waals surface area contributed by atoms with Crippen LogP contribution in [-0.2, 0) is 14.3 Å². The van der Waals surface area contributed by atoms with Crippen LogP contribution in [0.5, 0.6) is 0 Å². The standard InChI is InChI=1S/C23H36O5/c1-5-20(26)28-16-9-12-21(2)15(14-16)8-11-22(3)17(21)10-13-23(4,27)18(22)6-7-19(24)25/h5,15-18,27H,1,6-14H2,2-4H3,(H,24,25)/t15?,16?,17?,18?,21-,22+,23-/m0/s1. The van der Waals surface area contributed by atoms with Crippen LogP contribution in [0.2, 0.25) is 0 Å². The number of rotatable bonds is 5. The number of ether oxygens (including phenoxy) is 1. The predicted octanol–water partition coefficient (Wildman–Crippen LogP) is 4.33. The minimum Gasteiger partial charge on any atom is -0.481 e. The molecular weight excluding hydrogens is 356 g/mol. The molecule has 3 saturated carbocycles. The van der Waals surface area contributed by atoms with Crippen LogP contribution in [0, 0.1) is 28.6 Å². The fraction of sp³-hybridized carbons (Fsp3) is 0.826. The Morgan fingerprint density at radius 3 is 2.43 bits per heavy atom. The van der Waals surface area contributed by atoms with Crippen molar-refractivity contribution in [3.05, 3.63) is 12.7 Å². The Bertz CT molecular complexity index is 641. The molecule has 3 rings (SSSR count). The van der Waals surface area contributed by atoms with Gasteiger partial charge in [-0.15, -0.1) is 0 Å². The highest BCUT2D eigenvalue weighted by molar-refractivity contribution is 5.81. The lowest BCUT2D eigenvalue weighted by molar-refractivity contribution is -0.203. The van der Waals surface area contributed by atoms with Gasteiger partial charge in [0.05, 0.1) is 5.60 Å². The van der Waals surface area contributed by atoms with Gasteiger partial charge in [-0.2, -0.15) is 0 Å². The monoisotopic (exact) mass is 392 g/mol. The first-order chi connectivity index (χ1) is 13.0. The molecular formula is C23H36O5. The van der Waals surface area contributed by atoms with Crippen molar-refractivity contribution >= 4 is 11.9 Å². The maximum absolute atomic E-state index is 11.6. The Balaban J connectivity index is 1.82. The SMILES string of the molecule is C=CC(=O)OC1CC[C@@]2(C)C(CC[C@]3(C)C2CC[C@](C)(O)C3CCC(=O)O)C1. The van der Waals surface area contributed by atoms with E-state index >= 15 is 0 Å². The highest BCUT2D eigenvalue weighted by Crippen LogP contribution is 2.67. The molecule has 0 amide bonds. The van der Waals surface area contributed by atoms with Crippen LogP contribution >= 0.6 is 0 Å². The summed E-state index contributed by atoms with van der Waals surface area (Å²) in [6.07, 6.45) is 8.41. The molecule has 3 fully saturated rings. The Morgan fingerprint density at radius 2 is 1.79 bits per heavy atom. The van der Waals surface area contributed by atoms with E-state index in [1.54, 1.807) is 0 Å². The van der Waals surface area contributed by atoms with Crippen molar-refractivity contribution in [2.75, 3.05) is 0 Å². The summed E-state index contributed by atoms with van der Waals surface area (Å²) in [4.78, 5) is 22.9. The van der Waals surface area contributed by atoms with Gasteiger partial charge in [0.15, 0.2) is 0 Å². The fourth-order valence-electron chi connectivity index (χ4n) is 7.33. The van der Waals surface area contributed by atoms with Crippen LogP contribution in [0.1, 0.15) is 78.6 Å². The van der Waals surface area contributed by atoms with Crippen molar-refractivity contribution in [2.24, 2.45) is 28.6 Å². The van der Waals surface area contributed by atoms with Gasteiger partial charge in [-0.1, -0.05) is 20.4 Å². The van der Waals surface area contributed by atoms with Gasteiger partial charge in [-0.05, 0) is 86.9 Å². The second-order valence-electron chi connectivity index (χ2n) is 10.2. The Labute approximate surface area is 168 Å². The zero-order valence-electron chi connectivity index (χ0n) is 17.6. The van der Waals surface area contributed by atoms with E-state index < -0.39 is 11.6 Å². The molecule has 0 spiro atoms. The van der Waals surface area contributed by atoms with E-state index in [2.05, 4.69) is 20.4 Å². The van der Waals surface area contributed by atoms with E-state index in [0.29, 0.717) is 18.3 Å². The average molecular weight is 393 g/mol. The van der Waals surface area contributed by atoms with Crippen LogP contribution in [0.25, 0.3) is 0 Å². The molecule has 0 saturated heterocycles. The number of carbonyl (C=O) groups excluding carboxylic acids is 1. The van der Waals surface area contributed by atoms with Gasteiger partial charge in [-0.25, -0.2) is 4.79 Å². The number of aliphatic carboxylic acids is 1. The summed E-state index contributed by atoms with van der Waals surface area (Å²) in [7, 11) is 0. The van der Waals surface area contributed by atoms with Gasteiger partial charge >= 0.3 is 11.9 Å². The normalized spacial score (nSPS) is 45.4. The Hall–Kier alpha value is -1.36. The van der Waals surface area contributed by atoms with Gasteiger partial charge in [-0.3, -0.25) is 4.79 Å². The summed E-state index contributed by atoms with van der Waals surface area (Å²) in [6.45, 7) is 10.1. The van der Waals surface area contributed by atoms with Gasteiger partial charge in [0.1, 0.15) is 6.10 Å². The molecule has 158 valence electrons. The largest absolute Gasteiger partial charge is 0.481 e. The summed E-state index contributed by atoms with van der Waals surface area (Å²) in [5, 5.41) is 20.4. The third kappa shape index (κ3) is 3.62. The van der Waals surface area contributed by atoms with Crippen molar-refractivity contribution in [1.29, 1.82) is 0 Å². The molecule has 0 aromatic rings. The van der Waals surface area contributed by atoms with Gasteiger partial charge in [0.2, 0.25) is 0 Å². The Morgan fingerprint density at radius 1 is 1.11 bits per heavy atom. The average Bonchev–Trinajstić information content (AvgIpc) is 2.60. The van der Waals surface area contributed by atoms with Gasteiger partial charge < -0.3 is 14.9 Å². The van der Waals surface area contributed by atoms with E-state index in [-0.39, 0.29) is 35.2 Å². The summed E-state index contributed by atoms with van der Waals surface area (Å²) in [5.41, 5.74) is -0.699. The lowest BCUT2D eigenvalue weighted by Gasteiger charge is -2.65. The number of aliphatic hydroxyl groups is 1. The summed E-state index contributed by atoms with van der Waals surface area (Å²) < 4.78 is 5.55. The Kier molecular flexibility index (Phi) is 5.70. The van der Waals surface area contributed by atoms with E-state index in [1.165, 1.54) is 6.08 Å². The fourth-order valence-corrected chi connectivity index (χ4v) is 7.33. The lowest BCUT2D eigenvalue weighted by Crippen LogP contribution is -2.61. The van der Waals surface area contributed by atoms with Crippen LogP contribution in [0.15, 0.2) is 12.7 Å². The minimum absolute atomic E-state index is 0.00365. The number of fused-ring (bicyclic) bond motifs is 3. The molecule has 28 heavy (non-hydrogen) atoms. The molecule has 0 radical (unpaired) electrons. The molecule has 0 bridgehead atoms. The van der Waals surface area contributed by atoms with Crippen molar-refractivity contribution in [3.63, 3.8) is 0 Å². The zero-order valence-corrected chi connectivity index (χ0v) is 17.6. The molecule has 4 unspecified atom stereocenters. The van der Waals surface area contributed by atoms with Crippen LogP contribution in [0.4, 0.5) is 0 Å². The van der Waals surface area contributed by atoms with Crippen LogP contribution < -0.4 is 0 Å². The summed E-state index contributed by atoms with van der Waals surface area (Å²) in [6, 6.07) is 0. The second-order valence-corrected chi connectivity index (χ2v) is 10.2. The highest BCUT2D eigenvalue weighted by atomic mass is 16.5. The first-order valence-corrected chi connectivity index (χ1v) is 10.8. The maximum Gasteiger partial charge on any atom is 0.330 e. The number of hydrogen-bond acceptors (Lipinski definition) is 4. The molecule has 5 nitrogen and oxygen atoms in total. The molecule has 0 aliphatic heterocycles. The predicted molar refractivity (Wildman–Crippen MR) is 107 cm³/mol. The minimum atomic E-state index is -0.805. The molecule has 0 aromatic heterocycles. The number of carbonyl (C=O) groups is 2. The molecule has 2 N–H and O–H groups in total. The third-order valence-electron chi connectivity index (χ3n) is 8.69. The first-order valence-electron chi connectivity index (χ1n) is 10.8. The zero-order chi connectivity index (χ0) is 20.7. The molecule has 3 aliphatic rings. The second kappa shape index (κ2) is 7.47. The topological polar surface area (TPSA) is 83.8 Å². The van der Waals surface area contributed by atoms with Crippen molar-refractivity contribution in [2.45, 2.75) is 90.3 Å². The van der Waals surface area contributed by atoms with E-state index in [4.69, 9.17) is 4.74 Å². The van der Waals surface area contributed by atoms with Gasteiger partial charge in [0.25, 0.3) is 0 Å². The number of carboxylic acid groups (broad SMARTS) is 1. The van der Waals surface area contributed by atoms with Crippen molar-refractivity contribution in [1.82, 2.24) is 0 Å². The molecule has 5 heteroatoms. The summed E-state index contributed by atoms with van der Waals surface area (Å²) >= 11 is 0. The summed E-state index contributed by atoms with van der Waals surface area (Å²) in [5.74, 6) is -0.148. The molecule has 0 aromatic carbocycles. The quantitative estimate of drug-likeness (QED) is 0.537. The molecule has 0 heterocycles. The van der Waals surface area contributed by atoms with E-state index in [9.17, 15) is 19.8 Å². The maximum atomic E-state index is 11.6. The van der Waals surface area contributed by atoms with Crippen molar-refractivity contribution < 1.29 is 24.5 Å². The third-order valence-corrected chi connectivity index (χ3v) is 8.69. The smallest absolute Gasteiger partial charge is 0.330 e. The molecule has 3 aliphatic carbocycles. The lowest BCUT2D eigenvalue weighted by atomic mass is 9.40. The molecule has 7 atom stereocenters. The van der Waals surface area contributed by atoms with E-state index in [1.807, 2.05) is 6.92 Å². The van der Waals surface area contributed by atoms with E-state index in [0.717, 1.165) is 44.9 Å². The highest BCUT2D eigenvalue weighted by Gasteiger charge is 2.62. The number of esters is 1. The number of carboxylic acids is 1. The van der Waals surface area contributed by atoms with Crippen molar-refractivity contribution in [3.8, 4) is 0 Å². The van der Waals surface area contributed by atoms with Crippen LogP contribution in [-0.4, -0.2) is 33.9 Å².